The maximum absolute atomic E-state index is 11.6. The Morgan fingerprint density at radius 3 is 2.29 bits per heavy atom. The van der Waals surface area contributed by atoms with Crippen molar-refractivity contribution < 1.29 is 23.7 Å². The van der Waals surface area contributed by atoms with Crippen molar-refractivity contribution in [2.75, 3.05) is 21.3 Å². The lowest BCUT2D eigenvalue weighted by atomic mass is 10.1. The topological polar surface area (TPSA) is 80.0 Å². The Bertz CT molecular complexity index is 748. The van der Waals surface area contributed by atoms with Crippen LogP contribution in [0, 0.1) is 0 Å². The molecule has 0 aliphatic heterocycles. The molecule has 0 aliphatic carbocycles. The van der Waals surface area contributed by atoms with Crippen molar-refractivity contribution in [2.45, 2.75) is 6.61 Å². The quantitative estimate of drug-likeness (QED) is 0.778. The summed E-state index contributed by atoms with van der Waals surface area (Å²) in [6.07, 6.45) is 0. The SMILES string of the molecule is COc1cc(COc2c(OC)cccc2C(N)=O)c(OC)cc1Br. The molecular formula is C17H18BrNO5. The van der Waals surface area contributed by atoms with E-state index in [1.807, 2.05) is 0 Å². The molecule has 0 atom stereocenters. The molecule has 0 aliphatic rings. The summed E-state index contributed by atoms with van der Waals surface area (Å²) in [4.78, 5) is 11.6. The zero-order chi connectivity index (χ0) is 17.7. The van der Waals surface area contributed by atoms with Gasteiger partial charge in [-0.25, -0.2) is 0 Å². The van der Waals surface area contributed by atoms with Gasteiger partial charge in [0.1, 0.15) is 18.1 Å². The lowest BCUT2D eigenvalue weighted by Crippen LogP contribution is -2.13. The van der Waals surface area contributed by atoms with Crippen molar-refractivity contribution in [3.05, 3.63) is 45.9 Å². The van der Waals surface area contributed by atoms with Gasteiger partial charge in [-0.3, -0.25) is 4.79 Å². The molecule has 2 aromatic carbocycles. The Hall–Kier alpha value is -2.41. The molecule has 128 valence electrons. The number of hydrogen-bond acceptors (Lipinski definition) is 5. The summed E-state index contributed by atoms with van der Waals surface area (Å²) in [5.74, 6) is 1.39. The molecule has 2 rings (SSSR count). The van der Waals surface area contributed by atoms with E-state index in [-0.39, 0.29) is 17.9 Å². The first kappa shape index (κ1) is 17.9. The summed E-state index contributed by atoms with van der Waals surface area (Å²) in [5.41, 5.74) is 6.40. The number of hydrogen-bond donors (Lipinski definition) is 1. The van der Waals surface area contributed by atoms with Gasteiger partial charge in [-0.05, 0) is 40.2 Å². The monoisotopic (exact) mass is 395 g/mol. The van der Waals surface area contributed by atoms with E-state index >= 15 is 0 Å². The van der Waals surface area contributed by atoms with Gasteiger partial charge in [0.05, 0.1) is 31.4 Å². The number of ether oxygens (including phenoxy) is 4. The van der Waals surface area contributed by atoms with E-state index in [0.717, 1.165) is 10.0 Å². The Kier molecular flexibility index (Phi) is 5.92. The summed E-state index contributed by atoms with van der Waals surface area (Å²) in [5, 5.41) is 0. The molecule has 0 fully saturated rings. The third-order valence-electron chi connectivity index (χ3n) is 3.39. The Morgan fingerprint density at radius 1 is 1.04 bits per heavy atom. The number of rotatable bonds is 7. The second-order valence-corrected chi connectivity index (χ2v) is 5.64. The van der Waals surface area contributed by atoms with Crippen molar-refractivity contribution in [3.8, 4) is 23.0 Å². The van der Waals surface area contributed by atoms with Gasteiger partial charge in [0.25, 0.3) is 5.91 Å². The lowest BCUT2D eigenvalue weighted by Gasteiger charge is -2.16. The fourth-order valence-corrected chi connectivity index (χ4v) is 2.69. The van der Waals surface area contributed by atoms with Crippen LogP contribution in [-0.4, -0.2) is 27.2 Å². The number of carbonyl (C=O) groups excluding carboxylic acids is 1. The van der Waals surface area contributed by atoms with Gasteiger partial charge >= 0.3 is 0 Å². The molecule has 0 unspecified atom stereocenters. The number of primary amides is 1. The molecule has 6 nitrogen and oxygen atoms in total. The van der Waals surface area contributed by atoms with Gasteiger partial charge in [0.2, 0.25) is 0 Å². The average molecular weight is 396 g/mol. The molecule has 7 heteroatoms. The number of para-hydroxylation sites is 1. The number of carbonyl (C=O) groups is 1. The molecular weight excluding hydrogens is 378 g/mol. The lowest BCUT2D eigenvalue weighted by molar-refractivity contribution is 0.0995. The highest BCUT2D eigenvalue weighted by molar-refractivity contribution is 9.10. The average Bonchev–Trinajstić information content (AvgIpc) is 2.59. The highest BCUT2D eigenvalue weighted by Gasteiger charge is 2.17. The van der Waals surface area contributed by atoms with E-state index in [4.69, 9.17) is 24.7 Å². The van der Waals surface area contributed by atoms with Crippen LogP contribution in [0.25, 0.3) is 0 Å². The zero-order valence-electron chi connectivity index (χ0n) is 13.6. The molecule has 0 saturated heterocycles. The summed E-state index contributed by atoms with van der Waals surface area (Å²) < 4.78 is 22.5. The van der Waals surface area contributed by atoms with E-state index < -0.39 is 5.91 Å². The summed E-state index contributed by atoms with van der Waals surface area (Å²) >= 11 is 3.40. The fraction of sp³-hybridized carbons (Fsp3) is 0.235. The maximum atomic E-state index is 11.6. The first-order valence-electron chi connectivity index (χ1n) is 7.01. The molecule has 0 heterocycles. The number of benzene rings is 2. The van der Waals surface area contributed by atoms with Crippen LogP contribution in [0.5, 0.6) is 23.0 Å². The highest BCUT2D eigenvalue weighted by Crippen LogP contribution is 2.35. The maximum Gasteiger partial charge on any atom is 0.252 e. The molecule has 0 saturated carbocycles. The predicted molar refractivity (Wildman–Crippen MR) is 93.1 cm³/mol. The number of methoxy groups -OCH3 is 3. The van der Waals surface area contributed by atoms with Gasteiger partial charge in [-0.1, -0.05) is 6.07 Å². The van der Waals surface area contributed by atoms with Crippen LogP contribution >= 0.6 is 15.9 Å². The van der Waals surface area contributed by atoms with Crippen molar-refractivity contribution in [1.82, 2.24) is 0 Å². The van der Waals surface area contributed by atoms with Crippen molar-refractivity contribution >= 4 is 21.8 Å². The van der Waals surface area contributed by atoms with E-state index in [1.54, 1.807) is 44.6 Å². The van der Waals surface area contributed by atoms with Crippen LogP contribution in [-0.2, 0) is 6.61 Å². The number of amides is 1. The van der Waals surface area contributed by atoms with Crippen molar-refractivity contribution in [2.24, 2.45) is 5.73 Å². The standard InChI is InChI=1S/C17H18BrNO5/c1-21-13-6-4-5-11(17(19)20)16(13)24-9-10-7-15(23-3)12(18)8-14(10)22-2/h4-8H,9H2,1-3H3,(H2,19,20). The van der Waals surface area contributed by atoms with Crippen LogP contribution in [0.3, 0.4) is 0 Å². The second kappa shape index (κ2) is 7.92. The first-order valence-corrected chi connectivity index (χ1v) is 7.81. The number of halogens is 1. The molecule has 0 aromatic heterocycles. The third-order valence-corrected chi connectivity index (χ3v) is 4.01. The van der Waals surface area contributed by atoms with E-state index in [1.165, 1.54) is 7.11 Å². The Balaban J connectivity index is 2.36. The highest BCUT2D eigenvalue weighted by atomic mass is 79.9. The minimum Gasteiger partial charge on any atom is -0.496 e. The third kappa shape index (κ3) is 3.73. The van der Waals surface area contributed by atoms with E-state index in [9.17, 15) is 4.79 Å². The van der Waals surface area contributed by atoms with E-state index in [0.29, 0.717) is 17.2 Å². The van der Waals surface area contributed by atoms with Crippen LogP contribution in [0.2, 0.25) is 0 Å². The molecule has 2 aromatic rings. The molecule has 1 amide bonds. The normalized spacial score (nSPS) is 10.2. The second-order valence-electron chi connectivity index (χ2n) is 4.79. The van der Waals surface area contributed by atoms with Crippen molar-refractivity contribution in [3.63, 3.8) is 0 Å². The summed E-state index contributed by atoms with van der Waals surface area (Å²) in [7, 11) is 4.63. The van der Waals surface area contributed by atoms with Gasteiger partial charge in [0, 0.05) is 5.56 Å². The summed E-state index contributed by atoms with van der Waals surface area (Å²) in [6, 6.07) is 8.53. The zero-order valence-corrected chi connectivity index (χ0v) is 15.2. The van der Waals surface area contributed by atoms with Crippen LogP contribution < -0.4 is 24.7 Å². The van der Waals surface area contributed by atoms with Crippen LogP contribution in [0.1, 0.15) is 15.9 Å². The predicted octanol–water partition coefficient (Wildman–Crippen LogP) is 3.15. The van der Waals surface area contributed by atoms with Gasteiger partial charge in [0.15, 0.2) is 11.5 Å². The Morgan fingerprint density at radius 2 is 1.71 bits per heavy atom. The summed E-state index contributed by atoms with van der Waals surface area (Å²) in [6.45, 7) is 0.146. The van der Waals surface area contributed by atoms with Gasteiger partial charge in [-0.15, -0.1) is 0 Å². The smallest absolute Gasteiger partial charge is 0.252 e. The van der Waals surface area contributed by atoms with Crippen molar-refractivity contribution in [1.29, 1.82) is 0 Å². The minimum atomic E-state index is -0.593. The minimum absolute atomic E-state index is 0.146. The fourth-order valence-electron chi connectivity index (χ4n) is 2.21. The molecule has 0 radical (unpaired) electrons. The van der Waals surface area contributed by atoms with Gasteiger partial charge < -0.3 is 24.7 Å². The van der Waals surface area contributed by atoms with Crippen LogP contribution in [0.15, 0.2) is 34.8 Å². The molecule has 2 N–H and O–H groups in total. The Labute approximate surface area is 148 Å². The van der Waals surface area contributed by atoms with Gasteiger partial charge in [-0.2, -0.15) is 0 Å². The molecule has 0 spiro atoms. The molecule has 24 heavy (non-hydrogen) atoms. The molecule has 0 bridgehead atoms. The first-order chi connectivity index (χ1) is 11.5. The number of nitrogens with two attached hydrogens (primary N) is 1. The van der Waals surface area contributed by atoms with E-state index in [2.05, 4.69) is 15.9 Å². The largest absolute Gasteiger partial charge is 0.496 e. The van der Waals surface area contributed by atoms with Crippen LogP contribution in [0.4, 0.5) is 0 Å².